The summed E-state index contributed by atoms with van der Waals surface area (Å²) in [7, 11) is -3.57. The van der Waals surface area contributed by atoms with Crippen molar-refractivity contribution in [3.8, 4) is 0 Å². The Kier molecular flexibility index (Phi) is 6.13. The van der Waals surface area contributed by atoms with Crippen LogP contribution in [0.5, 0.6) is 0 Å². The van der Waals surface area contributed by atoms with E-state index in [1.807, 2.05) is 23.1 Å². The lowest BCUT2D eigenvalue weighted by atomic mass is 9.96. The predicted octanol–water partition coefficient (Wildman–Crippen LogP) is 4.51. The van der Waals surface area contributed by atoms with E-state index in [9.17, 15) is 13.2 Å². The molecule has 2 aliphatic rings. The van der Waals surface area contributed by atoms with Gasteiger partial charge in [-0.25, -0.2) is 12.7 Å². The standard InChI is InChI=1S/C22H24Cl2N2O3S/c1-15-13-17-5-2-3-8-21(17)26(15)22(27)16-9-11-25(12-10-16)30(28,29)14-18-19(23)6-4-7-20(18)24/h2-8,15-16H,9-14H2,1H3/t15-/m1/s1. The molecule has 0 unspecified atom stereocenters. The van der Waals surface area contributed by atoms with Crippen molar-refractivity contribution >= 4 is 44.8 Å². The third-order valence-electron chi connectivity index (χ3n) is 6.03. The number of para-hydroxylation sites is 1. The van der Waals surface area contributed by atoms with Crippen LogP contribution in [0.2, 0.25) is 10.0 Å². The molecule has 160 valence electrons. The largest absolute Gasteiger partial charge is 0.309 e. The average Bonchev–Trinajstić information content (AvgIpc) is 3.06. The molecule has 0 N–H and O–H groups in total. The fourth-order valence-electron chi connectivity index (χ4n) is 4.42. The van der Waals surface area contributed by atoms with Gasteiger partial charge in [0.2, 0.25) is 15.9 Å². The summed E-state index contributed by atoms with van der Waals surface area (Å²) >= 11 is 12.3. The molecule has 0 aromatic heterocycles. The van der Waals surface area contributed by atoms with Gasteiger partial charge in [0, 0.05) is 46.3 Å². The van der Waals surface area contributed by atoms with Gasteiger partial charge < -0.3 is 4.90 Å². The first-order valence-corrected chi connectivity index (χ1v) is 12.5. The molecule has 1 amide bonds. The fourth-order valence-corrected chi connectivity index (χ4v) is 6.74. The molecule has 8 heteroatoms. The molecule has 1 atom stereocenters. The van der Waals surface area contributed by atoms with Gasteiger partial charge in [-0.1, -0.05) is 47.5 Å². The highest BCUT2D eigenvalue weighted by Gasteiger charge is 2.38. The van der Waals surface area contributed by atoms with Gasteiger partial charge in [0.25, 0.3) is 0 Å². The van der Waals surface area contributed by atoms with Gasteiger partial charge in [0.05, 0.1) is 5.75 Å². The van der Waals surface area contributed by atoms with E-state index in [0.717, 1.165) is 12.1 Å². The van der Waals surface area contributed by atoms with E-state index >= 15 is 0 Å². The van der Waals surface area contributed by atoms with Crippen LogP contribution in [0.15, 0.2) is 42.5 Å². The number of halogens is 2. The molecular formula is C22H24Cl2N2O3S. The van der Waals surface area contributed by atoms with E-state index in [1.165, 1.54) is 9.87 Å². The van der Waals surface area contributed by atoms with Gasteiger partial charge in [-0.2, -0.15) is 0 Å². The van der Waals surface area contributed by atoms with Gasteiger partial charge in [0.1, 0.15) is 0 Å². The van der Waals surface area contributed by atoms with Crippen molar-refractivity contribution in [1.29, 1.82) is 0 Å². The Bertz CT molecular complexity index is 1050. The normalized spacial score (nSPS) is 20.4. The maximum atomic E-state index is 13.2. The Morgan fingerprint density at radius 1 is 1.03 bits per heavy atom. The van der Waals surface area contributed by atoms with Crippen molar-refractivity contribution in [3.05, 3.63) is 63.6 Å². The number of carbonyl (C=O) groups is 1. The lowest BCUT2D eigenvalue weighted by Crippen LogP contribution is -2.46. The minimum absolute atomic E-state index is 0.0960. The van der Waals surface area contributed by atoms with Gasteiger partial charge in [-0.3, -0.25) is 4.79 Å². The van der Waals surface area contributed by atoms with Crippen molar-refractivity contribution in [2.45, 2.75) is 38.0 Å². The molecule has 0 saturated carbocycles. The first kappa shape index (κ1) is 21.6. The second-order valence-corrected chi connectivity index (χ2v) is 10.8. The molecule has 4 rings (SSSR count). The van der Waals surface area contributed by atoms with Crippen LogP contribution in [0.25, 0.3) is 0 Å². The van der Waals surface area contributed by atoms with Gasteiger partial charge in [-0.15, -0.1) is 0 Å². The van der Waals surface area contributed by atoms with Gasteiger partial charge >= 0.3 is 0 Å². The highest BCUT2D eigenvalue weighted by atomic mass is 35.5. The number of anilines is 1. The molecule has 2 heterocycles. The number of sulfonamides is 1. The smallest absolute Gasteiger partial charge is 0.230 e. The average molecular weight is 467 g/mol. The summed E-state index contributed by atoms with van der Waals surface area (Å²) in [5.74, 6) is -0.312. The quantitative estimate of drug-likeness (QED) is 0.665. The first-order valence-electron chi connectivity index (χ1n) is 10.1. The zero-order valence-corrected chi connectivity index (χ0v) is 19.1. The third kappa shape index (κ3) is 4.11. The van der Waals surface area contributed by atoms with Crippen LogP contribution < -0.4 is 4.90 Å². The van der Waals surface area contributed by atoms with Crippen molar-refractivity contribution in [1.82, 2.24) is 4.31 Å². The van der Waals surface area contributed by atoms with Crippen LogP contribution in [-0.4, -0.2) is 37.8 Å². The van der Waals surface area contributed by atoms with Crippen LogP contribution in [0.1, 0.15) is 30.9 Å². The number of benzene rings is 2. The molecule has 1 fully saturated rings. The summed E-state index contributed by atoms with van der Waals surface area (Å²) in [5.41, 5.74) is 2.59. The van der Waals surface area contributed by atoms with Gasteiger partial charge in [0.15, 0.2) is 0 Å². The second kappa shape index (κ2) is 8.50. The van der Waals surface area contributed by atoms with E-state index in [4.69, 9.17) is 23.2 Å². The predicted molar refractivity (Wildman–Crippen MR) is 120 cm³/mol. The molecule has 2 aliphatic heterocycles. The number of nitrogens with zero attached hydrogens (tertiary/aromatic N) is 2. The Labute approximate surface area is 187 Å². The van der Waals surface area contributed by atoms with Crippen LogP contribution in [0.3, 0.4) is 0 Å². The molecule has 5 nitrogen and oxygen atoms in total. The molecule has 0 bridgehead atoms. The van der Waals surface area contributed by atoms with E-state index in [-0.39, 0.29) is 23.6 Å². The fraction of sp³-hybridized carbons (Fsp3) is 0.409. The summed E-state index contributed by atoms with van der Waals surface area (Å²) < 4.78 is 27.3. The molecule has 0 spiro atoms. The summed E-state index contributed by atoms with van der Waals surface area (Å²) in [6.07, 6.45) is 1.88. The van der Waals surface area contributed by atoms with E-state index < -0.39 is 10.0 Å². The van der Waals surface area contributed by atoms with Crippen molar-refractivity contribution < 1.29 is 13.2 Å². The molecule has 0 aliphatic carbocycles. The molecular weight excluding hydrogens is 443 g/mol. The summed E-state index contributed by atoms with van der Waals surface area (Å²) in [5, 5.41) is 0.690. The Morgan fingerprint density at radius 2 is 1.67 bits per heavy atom. The number of piperidine rings is 1. The number of amides is 1. The Hall–Kier alpha value is -1.60. The van der Waals surface area contributed by atoms with Crippen molar-refractivity contribution in [3.63, 3.8) is 0 Å². The second-order valence-electron chi connectivity index (χ2n) is 8.02. The molecule has 30 heavy (non-hydrogen) atoms. The highest BCUT2D eigenvalue weighted by Crippen LogP contribution is 2.35. The third-order valence-corrected chi connectivity index (χ3v) is 8.54. The zero-order chi connectivity index (χ0) is 21.5. The Morgan fingerprint density at radius 3 is 2.33 bits per heavy atom. The minimum Gasteiger partial charge on any atom is -0.309 e. The summed E-state index contributed by atoms with van der Waals surface area (Å²) in [6.45, 7) is 2.71. The summed E-state index contributed by atoms with van der Waals surface area (Å²) in [6, 6.07) is 13.1. The molecule has 1 saturated heterocycles. The molecule has 2 aromatic carbocycles. The van der Waals surface area contributed by atoms with Crippen LogP contribution in [0.4, 0.5) is 5.69 Å². The Balaban J connectivity index is 1.43. The van der Waals surface area contributed by atoms with Crippen LogP contribution >= 0.6 is 23.2 Å². The van der Waals surface area contributed by atoms with Crippen LogP contribution in [0, 0.1) is 5.92 Å². The SMILES string of the molecule is C[C@@H]1Cc2ccccc2N1C(=O)C1CCN(S(=O)(=O)Cc2c(Cl)cccc2Cl)CC1. The maximum Gasteiger partial charge on any atom is 0.230 e. The molecule has 2 aromatic rings. The monoisotopic (exact) mass is 466 g/mol. The number of carbonyl (C=O) groups excluding carboxylic acids is 1. The van der Waals surface area contributed by atoms with Crippen LogP contribution in [-0.2, 0) is 27.0 Å². The van der Waals surface area contributed by atoms with Crippen molar-refractivity contribution in [2.24, 2.45) is 5.92 Å². The van der Waals surface area contributed by atoms with Crippen molar-refractivity contribution in [2.75, 3.05) is 18.0 Å². The number of rotatable bonds is 4. The summed E-state index contributed by atoms with van der Waals surface area (Å²) in [4.78, 5) is 15.1. The zero-order valence-electron chi connectivity index (χ0n) is 16.7. The number of hydrogen-bond acceptors (Lipinski definition) is 3. The lowest BCUT2D eigenvalue weighted by Gasteiger charge is -2.34. The lowest BCUT2D eigenvalue weighted by molar-refractivity contribution is -0.123. The van der Waals surface area contributed by atoms with Gasteiger partial charge in [-0.05, 0) is 49.9 Å². The number of hydrogen-bond donors (Lipinski definition) is 0. The van der Waals surface area contributed by atoms with E-state index in [0.29, 0.717) is 41.5 Å². The first-order chi connectivity index (χ1) is 14.3. The molecule has 0 radical (unpaired) electrons. The topological polar surface area (TPSA) is 57.7 Å². The minimum atomic E-state index is -3.57. The maximum absolute atomic E-state index is 13.2. The van der Waals surface area contributed by atoms with E-state index in [2.05, 4.69) is 13.0 Å². The number of fused-ring (bicyclic) bond motifs is 1. The van der Waals surface area contributed by atoms with E-state index in [1.54, 1.807) is 18.2 Å². The highest BCUT2D eigenvalue weighted by molar-refractivity contribution is 7.88.